The van der Waals surface area contributed by atoms with Crippen LogP contribution in [0.25, 0.3) is 0 Å². The first-order valence-corrected chi connectivity index (χ1v) is 10.2. The number of likely N-dealkylation sites (tertiary alicyclic amines) is 3. The van der Waals surface area contributed by atoms with Gasteiger partial charge in [-0.25, -0.2) is 0 Å². The Labute approximate surface area is 143 Å². The van der Waals surface area contributed by atoms with Crippen LogP contribution in [-0.4, -0.2) is 72.1 Å². The van der Waals surface area contributed by atoms with Crippen LogP contribution in [0.5, 0.6) is 0 Å². The highest BCUT2D eigenvalue weighted by atomic mass is 15.3. The zero-order valence-electron chi connectivity index (χ0n) is 15.8. The van der Waals surface area contributed by atoms with Crippen molar-refractivity contribution in [3.05, 3.63) is 0 Å². The van der Waals surface area contributed by atoms with E-state index in [4.69, 9.17) is 0 Å². The lowest BCUT2D eigenvalue weighted by Gasteiger charge is -2.48. The largest absolute Gasteiger partial charge is 0.301 e. The van der Waals surface area contributed by atoms with E-state index in [1.165, 1.54) is 65.0 Å². The molecule has 3 saturated heterocycles. The van der Waals surface area contributed by atoms with E-state index in [1.54, 1.807) is 0 Å². The molecule has 1 spiro atoms. The molecule has 0 aromatic carbocycles. The van der Waals surface area contributed by atoms with Gasteiger partial charge in [0.2, 0.25) is 0 Å². The molecule has 2 atom stereocenters. The Hall–Kier alpha value is -0.120. The maximum atomic E-state index is 2.88. The van der Waals surface area contributed by atoms with Crippen molar-refractivity contribution in [3.8, 4) is 0 Å². The molecule has 0 amide bonds. The van der Waals surface area contributed by atoms with Gasteiger partial charge in [0, 0.05) is 31.2 Å². The summed E-state index contributed by atoms with van der Waals surface area (Å²) in [6, 6.07) is 2.44. The van der Waals surface area contributed by atoms with Gasteiger partial charge in [-0.1, -0.05) is 0 Å². The second-order valence-corrected chi connectivity index (χ2v) is 9.53. The Kier molecular flexibility index (Phi) is 4.26. The maximum Gasteiger partial charge on any atom is 0.0184 e. The van der Waals surface area contributed by atoms with E-state index >= 15 is 0 Å². The Balaban J connectivity index is 1.25. The molecular formula is C20H37N3. The molecule has 3 heteroatoms. The van der Waals surface area contributed by atoms with E-state index in [1.807, 2.05) is 0 Å². The van der Waals surface area contributed by atoms with Crippen molar-refractivity contribution >= 4 is 0 Å². The summed E-state index contributed by atoms with van der Waals surface area (Å²) in [4.78, 5) is 8.26. The fraction of sp³-hybridized carbons (Fsp3) is 1.00. The average Bonchev–Trinajstić information content (AvgIpc) is 3.02. The minimum Gasteiger partial charge on any atom is -0.301 e. The highest BCUT2D eigenvalue weighted by molar-refractivity contribution is 5.12. The van der Waals surface area contributed by atoms with Crippen LogP contribution in [-0.2, 0) is 0 Å². The van der Waals surface area contributed by atoms with Crippen molar-refractivity contribution in [3.63, 3.8) is 0 Å². The molecule has 0 N–H and O–H groups in total. The molecule has 4 fully saturated rings. The zero-order chi connectivity index (χ0) is 16.2. The van der Waals surface area contributed by atoms with E-state index in [0.29, 0.717) is 5.41 Å². The van der Waals surface area contributed by atoms with Crippen LogP contribution < -0.4 is 0 Å². The van der Waals surface area contributed by atoms with Gasteiger partial charge in [0.05, 0.1) is 0 Å². The molecule has 0 aromatic rings. The fourth-order valence-corrected chi connectivity index (χ4v) is 5.80. The minimum atomic E-state index is 0.704. The summed E-state index contributed by atoms with van der Waals surface area (Å²) < 4.78 is 0. The van der Waals surface area contributed by atoms with Crippen molar-refractivity contribution in [2.45, 2.75) is 71.5 Å². The Bertz CT molecular complexity index is 403. The highest BCUT2D eigenvalue weighted by Gasteiger charge is 2.59. The van der Waals surface area contributed by atoms with E-state index in [-0.39, 0.29) is 0 Å². The number of nitrogens with zero attached hydrogens (tertiary/aromatic N) is 3. The van der Waals surface area contributed by atoms with Crippen molar-refractivity contribution in [2.75, 3.05) is 39.3 Å². The van der Waals surface area contributed by atoms with E-state index in [0.717, 1.165) is 30.0 Å². The van der Waals surface area contributed by atoms with Gasteiger partial charge in [-0.2, -0.15) is 0 Å². The van der Waals surface area contributed by atoms with Gasteiger partial charge in [0.25, 0.3) is 0 Å². The molecule has 4 aliphatic rings. The van der Waals surface area contributed by atoms with Gasteiger partial charge >= 0.3 is 0 Å². The molecule has 2 unspecified atom stereocenters. The first-order valence-electron chi connectivity index (χ1n) is 10.2. The van der Waals surface area contributed by atoms with Crippen LogP contribution in [0.15, 0.2) is 0 Å². The molecule has 3 aliphatic heterocycles. The lowest BCUT2D eigenvalue weighted by molar-refractivity contribution is 0.0177. The second-order valence-electron chi connectivity index (χ2n) is 9.53. The molecule has 23 heavy (non-hydrogen) atoms. The quantitative estimate of drug-likeness (QED) is 0.792. The van der Waals surface area contributed by atoms with E-state index < -0.39 is 0 Å². The zero-order valence-corrected chi connectivity index (χ0v) is 15.8. The first-order chi connectivity index (χ1) is 11.0. The molecular weight excluding hydrogens is 282 g/mol. The standard InChI is InChI=1S/C20H37N3/c1-15(2)21-9-5-20(6-10-21)7-11-22(12-8-20)19-17-13-23(16(3)4)14-18(17)19/h15-19H,5-14H2,1-4H3. The number of piperidine rings is 3. The summed E-state index contributed by atoms with van der Waals surface area (Å²) in [7, 11) is 0. The van der Waals surface area contributed by atoms with Crippen LogP contribution in [0.4, 0.5) is 0 Å². The van der Waals surface area contributed by atoms with Crippen LogP contribution in [0.3, 0.4) is 0 Å². The lowest BCUT2D eigenvalue weighted by Crippen LogP contribution is -2.49. The smallest absolute Gasteiger partial charge is 0.0184 e. The molecule has 132 valence electrons. The van der Waals surface area contributed by atoms with Crippen LogP contribution >= 0.6 is 0 Å². The Morgan fingerprint density at radius 3 is 1.65 bits per heavy atom. The van der Waals surface area contributed by atoms with Crippen molar-refractivity contribution < 1.29 is 0 Å². The van der Waals surface area contributed by atoms with Gasteiger partial charge in [-0.3, -0.25) is 4.90 Å². The molecule has 1 aliphatic carbocycles. The summed E-state index contributed by atoms with van der Waals surface area (Å²) >= 11 is 0. The predicted molar refractivity (Wildman–Crippen MR) is 96.7 cm³/mol. The third-order valence-corrected chi connectivity index (χ3v) is 7.78. The van der Waals surface area contributed by atoms with Crippen LogP contribution in [0, 0.1) is 17.3 Å². The van der Waals surface area contributed by atoms with E-state index in [2.05, 4.69) is 42.4 Å². The number of hydrogen-bond donors (Lipinski definition) is 0. The minimum absolute atomic E-state index is 0.704. The number of hydrogen-bond acceptors (Lipinski definition) is 3. The third-order valence-electron chi connectivity index (χ3n) is 7.78. The summed E-state index contributed by atoms with van der Waals surface area (Å²) in [6.07, 6.45) is 5.86. The average molecular weight is 320 g/mol. The fourth-order valence-electron chi connectivity index (χ4n) is 5.80. The summed E-state index contributed by atoms with van der Waals surface area (Å²) in [5.74, 6) is 2.02. The summed E-state index contributed by atoms with van der Waals surface area (Å²) in [5, 5.41) is 0. The van der Waals surface area contributed by atoms with Gasteiger partial charge in [-0.15, -0.1) is 0 Å². The Morgan fingerprint density at radius 2 is 1.17 bits per heavy atom. The molecule has 3 nitrogen and oxygen atoms in total. The SMILES string of the molecule is CC(C)N1CCC2(CC1)CCN(C1C3CN(C(C)C)CC31)CC2. The normalized spacial score (nSPS) is 38.6. The number of rotatable bonds is 3. The maximum absolute atomic E-state index is 2.88. The van der Waals surface area contributed by atoms with Gasteiger partial charge < -0.3 is 9.80 Å². The van der Waals surface area contributed by atoms with Crippen molar-refractivity contribution in [1.82, 2.24) is 14.7 Å². The first kappa shape index (κ1) is 16.4. The highest BCUT2D eigenvalue weighted by Crippen LogP contribution is 2.52. The van der Waals surface area contributed by atoms with Crippen LogP contribution in [0.2, 0.25) is 0 Å². The van der Waals surface area contributed by atoms with Crippen molar-refractivity contribution in [2.24, 2.45) is 17.3 Å². The number of fused-ring (bicyclic) bond motifs is 1. The third kappa shape index (κ3) is 2.98. The molecule has 0 radical (unpaired) electrons. The van der Waals surface area contributed by atoms with E-state index in [9.17, 15) is 0 Å². The predicted octanol–water partition coefficient (Wildman–Crippen LogP) is 2.91. The molecule has 3 heterocycles. The summed E-state index contributed by atoms with van der Waals surface area (Å²) in [5.41, 5.74) is 0.704. The monoisotopic (exact) mass is 319 g/mol. The van der Waals surface area contributed by atoms with Crippen LogP contribution in [0.1, 0.15) is 53.4 Å². The topological polar surface area (TPSA) is 9.72 Å². The van der Waals surface area contributed by atoms with Gasteiger partial charge in [0.15, 0.2) is 0 Å². The van der Waals surface area contributed by atoms with Crippen molar-refractivity contribution in [1.29, 1.82) is 0 Å². The molecule has 0 bridgehead atoms. The molecule has 4 rings (SSSR count). The van der Waals surface area contributed by atoms with Gasteiger partial charge in [0.1, 0.15) is 0 Å². The Morgan fingerprint density at radius 1 is 0.696 bits per heavy atom. The molecule has 1 saturated carbocycles. The summed E-state index contributed by atoms with van der Waals surface area (Å²) in [6.45, 7) is 17.6. The second kappa shape index (κ2) is 6.00. The lowest BCUT2D eigenvalue weighted by atomic mass is 9.71. The molecule has 0 aromatic heterocycles. The van der Waals surface area contributed by atoms with Gasteiger partial charge in [-0.05, 0) is 96.8 Å².